The van der Waals surface area contributed by atoms with Gasteiger partial charge in [0, 0.05) is 23.9 Å². The molecule has 1 N–H and O–H groups in total. The molecule has 0 saturated carbocycles. The first-order chi connectivity index (χ1) is 19.8. The van der Waals surface area contributed by atoms with E-state index in [1.54, 1.807) is 18.2 Å². The molecule has 5 nitrogen and oxygen atoms in total. The number of nitrogens with zero attached hydrogens (tertiary/aromatic N) is 3. The number of anilines is 1. The number of fused-ring (bicyclic) bond motifs is 1. The Morgan fingerprint density at radius 1 is 1.00 bits per heavy atom. The van der Waals surface area contributed by atoms with E-state index >= 15 is 0 Å². The number of benzene rings is 3. The summed E-state index contributed by atoms with van der Waals surface area (Å²) in [5.74, 6) is -0.390. The van der Waals surface area contributed by atoms with Gasteiger partial charge < -0.3 is 5.32 Å². The summed E-state index contributed by atoms with van der Waals surface area (Å²) in [6, 6.07) is 14.0. The number of rotatable bonds is 6. The molecule has 0 radical (unpaired) electrons. The van der Waals surface area contributed by atoms with Crippen LogP contribution in [-0.2, 0) is 6.54 Å². The van der Waals surface area contributed by atoms with E-state index in [-0.39, 0.29) is 23.6 Å². The Hall–Kier alpha value is -3.87. The molecule has 3 heterocycles. The highest BCUT2D eigenvalue weighted by molar-refractivity contribution is 7.21. The van der Waals surface area contributed by atoms with Crippen LogP contribution in [0.15, 0.2) is 91.0 Å². The van der Waals surface area contributed by atoms with Gasteiger partial charge in [-0.25, -0.2) is 9.97 Å². The van der Waals surface area contributed by atoms with Gasteiger partial charge in [0.05, 0.1) is 12.5 Å². The Kier molecular flexibility index (Phi) is 4.88. The number of hydrogen-bond acceptors (Lipinski definition) is 5. The van der Waals surface area contributed by atoms with Crippen molar-refractivity contribution in [1.29, 1.82) is 0 Å². The van der Waals surface area contributed by atoms with E-state index in [1.165, 1.54) is 30.2 Å². The van der Waals surface area contributed by atoms with Crippen molar-refractivity contribution in [3.8, 4) is 21.7 Å². The molecule has 0 spiro atoms. The van der Waals surface area contributed by atoms with Gasteiger partial charge in [-0.1, -0.05) is 65.8 Å². The van der Waals surface area contributed by atoms with Gasteiger partial charge in [0.2, 0.25) is 0 Å². The molecule has 178 valence electrons. The van der Waals surface area contributed by atoms with Crippen LogP contribution in [0.2, 0.25) is 0 Å². The van der Waals surface area contributed by atoms with Crippen LogP contribution in [0.1, 0.15) is 35.6 Å². The van der Waals surface area contributed by atoms with Gasteiger partial charge in [-0.15, -0.1) is 0 Å². The number of likely N-dealkylation sites (tertiary alicyclic amines) is 1. The summed E-state index contributed by atoms with van der Waals surface area (Å²) in [5.41, 5.74) is 4.03. The fraction of sp³-hybridized carbons (Fsp3) is 0.167. The first-order valence-electron chi connectivity index (χ1n) is 14.4. The molecule has 36 heavy (non-hydrogen) atoms. The fourth-order valence-corrected chi connectivity index (χ4v) is 5.38. The minimum atomic E-state index is -0.456. The second-order valence-corrected chi connectivity index (χ2v) is 9.73. The van der Waals surface area contributed by atoms with Gasteiger partial charge in [0.25, 0.3) is 5.91 Å². The summed E-state index contributed by atoms with van der Waals surface area (Å²) in [6.45, 7) is 3.09. The zero-order valence-electron chi connectivity index (χ0n) is 24.5. The van der Waals surface area contributed by atoms with Crippen LogP contribution in [0.25, 0.3) is 32.0 Å². The number of thiazole rings is 1. The normalized spacial score (nSPS) is 15.7. The lowest BCUT2D eigenvalue weighted by molar-refractivity contribution is 0.102. The van der Waals surface area contributed by atoms with Crippen molar-refractivity contribution in [1.82, 2.24) is 14.9 Å². The highest BCUT2D eigenvalue weighted by Gasteiger charge is 2.16. The molecular weight excluding hydrogens is 464 g/mol. The molecule has 5 aromatic rings. The van der Waals surface area contributed by atoms with Crippen LogP contribution in [0.3, 0.4) is 0 Å². The summed E-state index contributed by atoms with van der Waals surface area (Å²) in [7, 11) is 0. The SMILES string of the molecule is [2H]c1c([2H])c([2H])c(-c2cccc(C(=O)Nc3ccccc3-c3nc4cc(CN5CCCC5)cnc4s3)c2)c([2H])c1[2H]. The summed E-state index contributed by atoms with van der Waals surface area (Å²) >= 11 is 1.47. The molecule has 1 aliphatic rings. The van der Waals surface area contributed by atoms with E-state index in [0.29, 0.717) is 16.8 Å². The molecule has 1 fully saturated rings. The minimum Gasteiger partial charge on any atom is -0.321 e. The zero-order chi connectivity index (χ0) is 28.7. The van der Waals surface area contributed by atoms with Gasteiger partial charge in [-0.3, -0.25) is 9.69 Å². The maximum absolute atomic E-state index is 13.4. The third kappa shape index (κ3) is 4.78. The number of amides is 1. The van der Waals surface area contributed by atoms with Crippen molar-refractivity contribution in [3.63, 3.8) is 0 Å². The second-order valence-electron chi connectivity index (χ2n) is 8.75. The highest BCUT2D eigenvalue weighted by atomic mass is 32.1. The molecule has 6 heteroatoms. The van der Waals surface area contributed by atoms with Crippen LogP contribution in [0.5, 0.6) is 0 Å². The highest BCUT2D eigenvalue weighted by Crippen LogP contribution is 2.34. The smallest absolute Gasteiger partial charge is 0.255 e. The van der Waals surface area contributed by atoms with Crippen molar-refractivity contribution in [2.45, 2.75) is 19.4 Å². The quantitative estimate of drug-likeness (QED) is 0.279. The Morgan fingerprint density at radius 2 is 1.83 bits per heavy atom. The number of nitrogens with one attached hydrogen (secondary N) is 1. The van der Waals surface area contributed by atoms with Crippen LogP contribution in [0.4, 0.5) is 5.69 Å². The number of aromatic nitrogens is 2. The number of hydrogen-bond donors (Lipinski definition) is 1. The predicted molar refractivity (Wildman–Crippen MR) is 147 cm³/mol. The number of carbonyl (C=O) groups excluding carboxylic acids is 1. The topological polar surface area (TPSA) is 58.1 Å². The zero-order valence-corrected chi connectivity index (χ0v) is 20.3. The van der Waals surface area contributed by atoms with Crippen LogP contribution in [-0.4, -0.2) is 33.9 Å². The first-order valence-corrected chi connectivity index (χ1v) is 12.7. The Balaban J connectivity index is 1.28. The van der Waals surface area contributed by atoms with Crippen LogP contribution in [0, 0.1) is 0 Å². The summed E-state index contributed by atoms with van der Waals surface area (Å²) in [5, 5.41) is 3.72. The molecule has 1 saturated heterocycles. The van der Waals surface area contributed by atoms with Crippen molar-refractivity contribution < 1.29 is 11.6 Å². The molecule has 0 aliphatic carbocycles. The molecule has 0 unspecified atom stereocenters. The molecule has 0 bridgehead atoms. The van der Waals surface area contributed by atoms with E-state index in [9.17, 15) is 4.79 Å². The van der Waals surface area contributed by atoms with E-state index in [4.69, 9.17) is 11.8 Å². The summed E-state index contributed by atoms with van der Waals surface area (Å²) in [6.07, 6.45) is 4.38. The Morgan fingerprint density at radius 3 is 2.69 bits per heavy atom. The molecule has 6 rings (SSSR count). The lowest BCUT2D eigenvalue weighted by Crippen LogP contribution is -2.18. The summed E-state index contributed by atoms with van der Waals surface area (Å²) in [4.78, 5) is 26.1. The number of para-hydroxylation sites is 1. The third-order valence-corrected chi connectivity index (χ3v) is 7.24. The molecular formula is C30H26N4OS. The van der Waals surface area contributed by atoms with E-state index in [1.807, 2.05) is 30.5 Å². The Bertz CT molecular complexity index is 1770. The number of pyridine rings is 1. The minimum absolute atomic E-state index is 0.0529. The van der Waals surface area contributed by atoms with Gasteiger partial charge in [-0.05, 0) is 73.0 Å². The van der Waals surface area contributed by atoms with E-state index in [2.05, 4.69) is 21.3 Å². The summed E-state index contributed by atoms with van der Waals surface area (Å²) < 4.78 is 40.4. The van der Waals surface area contributed by atoms with Gasteiger partial charge in [0.1, 0.15) is 15.4 Å². The third-order valence-electron chi connectivity index (χ3n) is 6.23. The standard InChI is InChI=1S/C30H26N4OS/c35-28(24-12-8-11-23(18-24)22-9-2-1-3-10-22)32-26-14-5-4-13-25(26)29-33-27-17-21(19-31-30(27)36-29)20-34-15-6-7-16-34/h1-5,8-14,17-19H,6-7,15-16,20H2,(H,32,35)/i1D,2D,3D,9D,10D. The van der Waals surface area contributed by atoms with Gasteiger partial charge in [-0.2, -0.15) is 0 Å². The average molecular weight is 496 g/mol. The van der Waals surface area contributed by atoms with Crippen molar-refractivity contribution in [2.75, 3.05) is 18.4 Å². The largest absolute Gasteiger partial charge is 0.321 e. The van der Waals surface area contributed by atoms with Crippen LogP contribution < -0.4 is 5.32 Å². The Labute approximate surface area is 221 Å². The van der Waals surface area contributed by atoms with Crippen molar-refractivity contribution >= 4 is 33.3 Å². The monoisotopic (exact) mass is 495 g/mol. The first kappa shape index (κ1) is 17.5. The molecule has 2 aromatic heterocycles. The van der Waals surface area contributed by atoms with Crippen LogP contribution >= 0.6 is 11.3 Å². The van der Waals surface area contributed by atoms with Crippen molar-refractivity contribution in [2.24, 2.45) is 0 Å². The lowest BCUT2D eigenvalue weighted by Gasteiger charge is -2.13. The van der Waals surface area contributed by atoms with E-state index in [0.717, 1.165) is 46.1 Å². The van der Waals surface area contributed by atoms with Crippen molar-refractivity contribution in [3.05, 3.63) is 102 Å². The molecule has 1 aliphatic heterocycles. The lowest BCUT2D eigenvalue weighted by atomic mass is 10.0. The average Bonchev–Trinajstić information content (AvgIpc) is 3.65. The predicted octanol–water partition coefficient (Wildman–Crippen LogP) is 6.87. The van der Waals surface area contributed by atoms with Gasteiger partial charge >= 0.3 is 0 Å². The molecule has 1 amide bonds. The van der Waals surface area contributed by atoms with Gasteiger partial charge in [0.15, 0.2) is 0 Å². The molecule has 0 atom stereocenters. The number of carbonyl (C=O) groups is 1. The second kappa shape index (κ2) is 10.0. The van der Waals surface area contributed by atoms with E-state index < -0.39 is 18.1 Å². The molecule has 3 aromatic carbocycles. The fourth-order valence-electron chi connectivity index (χ4n) is 4.45. The maximum Gasteiger partial charge on any atom is 0.255 e. The maximum atomic E-state index is 13.4.